The van der Waals surface area contributed by atoms with Gasteiger partial charge in [-0.15, -0.1) is 0 Å². The van der Waals surface area contributed by atoms with E-state index in [4.69, 9.17) is 4.98 Å². The van der Waals surface area contributed by atoms with Gasteiger partial charge in [0.05, 0.1) is 6.26 Å². The third-order valence-corrected chi connectivity index (χ3v) is 8.75. The lowest BCUT2D eigenvalue weighted by atomic mass is 10.0. The minimum absolute atomic E-state index is 0.0867. The number of nitrogens with one attached hydrogen (secondary N) is 1. The number of carbonyl (C=O) groups is 1. The Hall–Kier alpha value is -2.76. The lowest BCUT2D eigenvalue weighted by Gasteiger charge is -2.36. The van der Waals surface area contributed by atoms with Gasteiger partial charge in [-0.3, -0.25) is 4.79 Å². The van der Waals surface area contributed by atoms with E-state index in [2.05, 4.69) is 20.1 Å². The number of sulfonamides is 1. The van der Waals surface area contributed by atoms with Gasteiger partial charge in [0.15, 0.2) is 0 Å². The molecule has 0 saturated carbocycles. The molecular formula is C25H35N7O3S. The number of amides is 1. The summed E-state index contributed by atoms with van der Waals surface area (Å²) in [5.41, 5.74) is 1.42. The molecule has 1 amide bonds. The number of piperidine rings is 1. The third kappa shape index (κ3) is 5.79. The first-order valence-electron chi connectivity index (χ1n) is 12.8. The van der Waals surface area contributed by atoms with Crippen molar-refractivity contribution in [3.63, 3.8) is 0 Å². The molecule has 0 atom stereocenters. The predicted octanol–water partition coefficient (Wildman–Crippen LogP) is 2.00. The van der Waals surface area contributed by atoms with Crippen LogP contribution in [0.4, 0.5) is 17.5 Å². The van der Waals surface area contributed by atoms with Crippen LogP contribution in [-0.2, 0) is 10.0 Å². The molecule has 3 saturated heterocycles. The van der Waals surface area contributed by atoms with Crippen LogP contribution in [0.15, 0.2) is 36.5 Å². The number of hydrogen-bond donors (Lipinski definition) is 1. The standard InChI is InChI=1S/C25H35N7O3S/c1-36(34,35)32-18-16-30(17-19-32)24(33)20-4-6-21(7-5-20)27-23-8-11-26-25(28-23)31-14-9-22(10-15-31)29-12-2-3-13-29/h4-8,11,22H,2-3,9-10,12-19H2,1H3,(H,26,27,28). The van der Waals surface area contributed by atoms with E-state index in [0.29, 0.717) is 37.8 Å². The van der Waals surface area contributed by atoms with Crippen molar-refractivity contribution < 1.29 is 13.2 Å². The van der Waals surface area contributed by atoms with Crippen molar-refractivity contribution in [2.45, 2.75) is 31.7 Å². The van der Waals surface area contributed by atoms with Crippen molar-refractivity contribution in [3.8, 4) is 0 Å². The summed E-state index contributed by atoms with van der Waals surface area (Å²) in [5.74, 6) is 1.38. The van der Waals surface area contributed by atoms with Crippen LogP contribution in [0.5, 0.6) is 0 Å². The van der Waals surface area contributed by atoms with Gasteiger partial charge in [0.25, 0.3) is 5.91 Å². The maximum absolute atomic E-state index is 12.9. The first kappa shape index (κ1) is 24.9. The number of carbonyl (C=O) groups excluding carboxylic acids is 1. The van der Waals surface area contributed by atoms with Gasteiger partial charge in [0.1, 0.15) is 5.82 Å². The van der Waals surface area contributed by atoms with Crippen LogP contribution < -0.4 is 10.2 Å². The van der Waals surface area contributed by atoms with Gasteiger partial charge in [-0.25, -0.2) is 13.4 Å². The molecule has 1 aromatic carbocycles. The summed E-state index contributed by atoms with van der Waals surface area (Å²) in [5, 5.41) is 3.32. The molecule has 4 heterocycles. The number of piperazine rings is 1. The molecule has 10 nitrogen and oxygen atoms in total. The summed E-state index contributed by atoms with van der Waals surface area (Å²) in [7, 11) is -3.22. The van der Waals surface area contributed by atoms with Crippen LogP contribution >= 0.6 is 0 Å². The van der Waals surface area contributed by atoms with E-state index in [-0.39, 0.29) is 5.91 Å². The van der Waals surface area contributed by atoms with E-state index < -0.39 is 10.0 Å². The number of likely N-dealkylation sites (tertiary alicyclic amines) is 1. The van der Waals surface area contributed by atoms with Crippen LogP contribution in [0, 0.1) is 0 Å². The second-order valence-corrected chi connectivity index (χ2v) is 11.8. The van der Waals surface area contributed by atoms with Crippen LogP contribution in [0.1, 0.15) is 36.0 Å². The van der Waals surface area contributed by atoms with E-state index in [1.165, 1.54) is 36.5 Å². The molecule has 194 valence electrons. The number of rotatable bonds is 6. The van der Waals surface area contributed by atoms with Crippen molar-refractivity contribution in [3.05, 3.63) is 42.1 Å². The van der Waals surface area contributed by atoms with Gasteiger partial charge >= 0.3 is 0 Å². The lowest BCUT2D eigenvalue weighted by molar-refractivity contribution is 0.0698. The van der Waals surface area contributed by atoms with E-state index >= 15 is 0 Å². The predicted molar refractivity (Wildman–Crippen MR) is 140 cm³/mol. The largest absolute Gasteiger partial charge is 0.341 e. The van der Waals surface area contributed by atoms with Crippen molar-refractivity contribution in [2.75, 3.05) is 68.8 Å². The second-order valence-electron chi connectivity index (χ2n) is 9.86. The number of nitrogens with zero attached hydrogens (tertiary/aromatic N) is 6. The summed E-state index contributed by atoms with van der Waals surface area (Å²) >= 11 is 0. The second kappa shape index (κ2) is 10.7. The minimum atomic E-state index is -3.22. The van der Waals surface area contributed by atoms with Gasteiger partial charge in [-0.05, 0) is 69.1 Å². The quantitative estimate of drug-likeness (QED) is 0.626. The Kier molecular flexibility index (Phi) is 7.40. The molecule has 0 spiro atoms. The molecule has 0 aliphatic carbocycles. The zero-order valence-corrected chi connectivity index (χ0v) is 21.7. The molecule has 36 heavy (non-hydrogen) atoms. The zero-order valence-electron chi connectivity index (χ0n) is 20.8. The first-order valence-corrected chi connectivity index (χ1v) is 14.7. The molecule has 1 N–H and O–H groups in total. The van der Waals surface area contributed by atoms with Gasteiger partial charge in [0.2, 0.25) is 16.0 Å². The Morgan fingerprint density at radius 1 is 0.917 bits per heavy atom. The zero-order chi connectivity index (χ0) is 25.1. The molecule has 0 radical (unpaired) electrons. The van der Waals surface area contributed by atoms with Crippen molar-refractivity contribution in [1.29, 1.82) is 0 Å². The number of hydrogen-bond acceptors (Lipinski definition) is 8. The summed E-state index contributed by atoms with van der Waals surface area (Å²) in [4.78, 5) is 28.7. The molecule has 0 bridgehead atoms. The highest BCUT2D eigenvalue weighted by Gasteiger charge is 2.28. The Morgan fingerprint density at radius 2 is 1.58 bits per heavy atom. The topological polar surface area (TPSA) is 102 Å². The molecule has 11 heteroatoms. The Balaban J connectivity index is 1.15. The molecule has 1 aromatic heterocycles. The number of aromatic nitrogens is 2. The van der Waals surface area contributed by atoms with E-state index in [0.717, 1.165) is 43.4 Å². The average Bonchev–Trinajstić information content (AvgIpc) is 3.44. The summed E-state index contributed by atoms with van der Waals surface area (Å²) in [6.45, 7) is 5.87. The molecule has 5 rings (SSSR count). The van der Waals surface area contributed by atoms with Gasteiger partial charge in [0, 0.05) is 62.8 Å². The number of benzene rings is 1. The van der Waals surface area contributed by atoms with Gasteiger partial charge < -0.3 is 20.0 Å². The molecule has 3 fully saturated rings. The Morgan fingerprint density at radius 3 is 2.22 bits per heavy atom. The Bertz CT molecular complexity index is 1150. The van der Waals surface area contributed by atoms with E-state index in [9.17, 15) is 13.2 Å². The fourth-order valence-corrected chi connectivity index (χ4v) is 6.18. The van der Waals surface area contributed by atoms with E-state index in [1.807, 2.05) is 18.2 Å². The summed E-state index contributed by atoms with van der Waals surface area (Å²) < 4.78 is 24.8. The van der Waals surface area contributed by atoms with Crippen molar-refractivity contribution >= 4 is 33.4 Å². The smallest absolute Gasteiger partial charge is 0.253 e. The average molecular weight is 514 g/mol. The van der Waals surface area contributed by atoms with Crippen LogP contribution in [0.3, 0.4) is 0 Å². The highest BCUT2D eigenvalue weighted by atomic mass is 32.2. The van der Waals surface area contributed by atoms with Crippen molar-refractivity contribution in [1.82, 2.24) is 24.1 Å². The fourth-order valence-electron chi connectivity index (χ4n) is 5.36. The molecule has 3 aliphatic heterocycles. The maximum atomic E-state index is 12.9. The lowest BCUT2D eigenvalue weighted by Crippen LogP contribution is -2.50. The van der Waals surface area contributed by atoms with Gasteiger partial charge in [-0.1, -0.05) is 0 Å². The molecule has 2 aromatic rings. The van der Waals surface area contributed by atoms with Crippen LogP contribution in [-0.4, -0.2) is 103 Å². The summed E-state index contributed by atoms with van der Waals surface area (Å²) in [6, 6.07) is 9.85. The van der Waals surface area contributed by atoms with Gasteiger partial charge in [-0.2, -0.15) is 9.29 Å². The van der Waals surface area contributed by atoms with Crippen molar-refractivity contribution in [2.24, 2.45) is 0 Å². The highest BCUT2D eigenvalue weighted by molar-refractivity contribution is 7.88. The highest BCUT2D eigenvalue weighted by Crippen LogP contribution is 2.24. The molecular weight excluding hydrogens is 478 g/mol. The normalized spacial score (nSPS) is 20.6. The summed E-state index contributed by atoms with van der Waals surface area (Å²) in [6.07, 6.45) is 7.95. The third-order valence-electron chi connectivity index (χ3n) is 7.45. The first-order chi connectivity index (χ1) is 17.4. The monoisotopic (exact) mass is 513 g/mol. The molecule has 0 unspecified atom stereocenters. The maximum Gasteiger partial charge on any atom is 0.253 e. The van der Waals surface area contributed by atoms with E-state index in [1.54, 1.807) is 23.2 Å². The number of anilines is 3. The fraction of sp³-hybridized carbons (Fsp3) is 0.560. The Labute approximate surface area is 213 Å². The SMILES string of the molecule is CS(=O)(=O)N1CCN(C(=O)c2ccc(Nc3ccnc(N4CCC(N5CCCC5)CC4)n3)cc2)CC1. The molecule has 3 aliphatic rings. The van der Waals surface area contributed by atoms with Crippen LogP contribution in [0.2, 0.25) is 0 Å². The van der Waals surface area contributed by atoms with Crippen LogP contribution in [0.25, 0.3) is 0 Å². The minimum Gasteiger partial charge on any atom is -0.341 e.